The van der Waals surface area contributed by atoms with Crippen LogP contribution in [0.3, 0.4) is 0 Å². The Hall–Kier alpha value is -2.05. The molecule has 0 rings (SSSR count). The summed E-state index contributed by atoms with van der Waals surface area (Å²) < 4.78 is 0. The third kappa shape index (κ3) is 16.3. The van der Waals surface area contributed by atoms with Gasteiger partial charge in [-0.25, -0.2) is 9.59 Å². The molecule has 0 spiro atoms. The molecule has 0 unspecified atom stereocenters. The molecule has 0 saturated carbocycles. The third-order valence-electron chi connectivity index (χ3n) is 3.26. The molecule has 0 aromatic rings. The molecule has 0 aromatic heterocycles. The highest BCUT2D eigenvalue weighted by Crippen LogP contribution is 2.04. The summed E-state index contributed by atoms with van der Waals surface area (Å²) in [4.78, 5) is 29.4. The predicted molar refractivity (Wildman–Crippen MR) is 98.4 cm³/mol. The molecule has 184 valence electrons. The van der Waals surface area contributed by atoms with Crippen LogP contribution >= 0.6 is 0 Å². The molecule has 0 aliphatic rings. The molecule has 15 heteroatoms. The zero-order chi connectivity index (χ0) is 25.3. The van der Waals surface area contributed by atoms with E-state index in [1.165, 1.54) is 6.92 Å². The van der Waals surface area contributed by atoms with E-state index in [9.17, 15) is 14.4 Å². The van der Waals surface area contributed by atoms with Crippen LogP contribution in [0.2, 0.25) is 0 Å². The molecule has 12 N–H and O–H groups in total. The second-order valence-corrected chi connectivity index (χ2v) is 5.82. The van der Waals surface area contributed by atoms with Crippen molar-refractivity contribution < 1.29 is 75.7 Å². The molecule has 0 radical (unpaired) electrons. The maximum absolute atomic E-state index is 9.90. The van der Waals surface area contributed by atoms with Gasteiger partial charge in [-0.15, -0.1) is 0 Å². The molecular formula is C16H30O15. The van der Waals surface area contributed by atoms with Crippen molar-refractivity contribution in [3.8, 4) is 0 Å². The molecule has 31 heavy (non-hydrogen) atoms. The molecule has 15 nitrogen and oxygen atoms in total. The van der Waals surface area contributed by atoms with Gasteiger partial charge in [0, 0.05) is 11.6 Å². The first-order chi connectivity index (χ1) is 14.2. The van der Waals surface area contributed by atoms with E-state index in [1.807, 2.05) is 0 Å². The average Bonchev–Trinajstić information content (AvgIpc) is 2.75. The lowest BCUT2D eigenvalue weighted by Crippen LogP contribution is -2.46. The summed E-state index contributed by atoms with van der Waals surface area (Å²) in [6.45, 7) is -0.921. The molecule has 0 fully saturated rings. The van der Waals surface area contributed by atoms with Crippen molar-refractivity contribution in [2.24, 2.45) is 0 Å². The topological polar surface area (TPSA) is 294 Å². The number of hydrogen-bond donors (Lipinski definition) is 12. The first-order valence-corrected chi connectivity index (χ1v) is 8.40. The second-order valence-electron chi connectivity index (χ2n) is 5.82. The first kappa shape index (κ1) is 33.6. The lowest BCUT2D eigenvalue weighted by molar-refractivity contribution is -0.135. The quantitative estimate of drug-likeness (QED) is 0.100. The highest BCUT2D eigenvalue weighted by molar-refractivity contribution is 5.93. The number of aliphatic hydroxyl groups excluding tert-OH is 10. The lowest BCUT2D eigenvalue weighted by Gasteiger charge is -2.24. The highest BCUT2D eigenvalue weighted by atomic mass is 16.4. The number of hydrogen-bond acceptors (Lipinski definition) is 13. The summed E-state index contributed by atoms with van der Waals surface area (Å²) in [5.74, 6) is -2.45. The van der Waals surface area contributed by atoms with Crippen LogP contribution in [-0.2, 0) is 14.4 Å². The van der Waals surface area contributed by atoms with Gasteiger partial charge in [0.05, 0.1) is 19.8 Å². The molecule has 0 aliphatic heterocycles. The molecule has 0 aliphatic carbocycles. The molecule has 0 aromatic carbocycles. The van der Waals surface area contributed by atoms with Gasteiger partial charge >= 0.3 is 11.9 Å². The smallest absolute Gasteiger partial charge is 0.331 e. The molecular weight excluding hydrogens is 432 g/mol. The van der Waals surface area contributed by atoms with E-state index in [0.717, 1.165) is 0 Å². The predicted octanol–water partition coefficient (Wildman–Crippen LogP) is -6.22. The Bertz CT molecular complexity index is 523. The van der Waals surface area contributed by atoms with Gasteiger partial charge < -0.3 is 66.1 Å². The van der Waals surface area contributed by atoms with Crippen LogP contribution < -0.4 is 0 Å². The minimum atomic E-state index is -1.67. The van der Waals surface area contributed by atoms with Crippen molar-refractivity contribution in [2.45, 2.75) is 49.7 Å². The van der Waals surface area contributed by atoms with Crippen LogP contribution in [-0.4, -0.2) is 142 Å². The van der Waals surface area contributed by atoms with Crippen LogP contribution in [0.25, 0.3) is 0 Å². The number of rotatable bonds is 11. The van der Waals surface area contributed by atoms with Gasteiger partial charge in [0.2, 0.25) is 0 Å². The van der Waals surface area contributed by atoms with Gasteiger partial charge in [-0.05, 0) is 6.92 Å². The van der Waals surface area contributed by atoms with Crippen LogP contribution in [0.15, 0.2) is 11.6 Å². The molecule has 0 bridgehead atoms. The molecule has 0 amide bonds. The number of carboxylic acids is 2. The Labute approximate surface area is 176 Å². The number of aldehydes is 1. The summed E-state index contributed by atoms with van der Waals surface area (Å²) in [5.41, 5.74) is -0.178. The molecule has 7 atom stereocenters. The Morgan fingerprint density at radius 2 is 1.03 bits per heavy atom. The van der Waals surface area contributed by atoms with E-state index in [-0.39, 0.29) is 11.9 Å². The van der Waals surface area contributed by atoms with Gasteiger partial charge in [0.1, 0.15) is 42.7 Å². The van der Waals surface area contributed by atoms with E-state index < -0.39 is 74.5 Å². The summed E-state index contributed by atoms with van der Waals surface area (Å²) >= 11 is 0. The SMILES string of the molecule is C/C(=C/C(=O)O)C(=O)O.O=C[C@H](O)[C@@H](O)[C@H](O)CO.OC[C@@H](O)[C@@H](O)[C@H](O)[C@H](O)CO. The molecule has 0 heterocycles. The van der Waals surface area contributed by atoms with Gasteiger partial charge in [-0.1, -0.05) is 0 Å². The number of carbonyl (C=O) groups excluding carboxylic acids is 1. The maximum atomic E-state index is 9.90. The van der Waals surface area contributed by atoms with Crippen LogP contribution in [0.4, 0.5) is 0 Å². The highest BCUT2D eigenvalue weighted by Gasteiger charge is 2.29. The fourth-order valence-electron chi connectivity index (χ4n) is 1.33. The lowest BCUT2D eigenvalue weighted by atomic mass is 10.0. The van der Waals surface area contributed by atoms with Crippen molar-refractivity contribution in [1.82, 2.24) is 0 Å². The Morgan fingerprint density at radius 1 is 0.710 bits per heavy atom. The number of aliphatic carboxylic acids is 2. The van der Waals surface area contributed by atoms with Gasteiger partial charge in [0.15, 0.2) is 6.29 Å². The van der Waals surface area contributed by atoms with E-state index in [2.05, 4.69) is 0 Å². The van der Waals surface area contributed by atoms with Gasteiger partial charge in [-0.3, -0.25) is 0 Å². The van der Waals surface area contributed by atoms with Crippen LogP contribution in [0.1, 0.15) is 6.92 Å². The van der Waals surface area contributed by atoms with Crippen LogP contribution in [0, 0.1) is 0 Å². The standard InChI is InChI=1S/C6H14O6.C5H10O5.C5H6O4/c7-1-3(9)5(11)6(12)4(10)2-8;6-1-3(8)5(10)4(9)2-7;1-3(5(8)9)2-4(6)7/h3-12H,1-2H2;1,3-5,7-10H,2H2;2H,1H3,(H,6,7)(H,8,9)/b;;3-2-/t3-,4-,5-,6-;3-,4+,5+;/m10./s1. The number of carboxylic acid groups (broad SMARTS) is 2. The Morgan fingerprint density at radius 3 is 1.23 bits per heavy atom. The normalized spacial score (nSPS) is 17.8. The van der Waals surface area contributed by atoms with E-state index in [0.29, 0.717) is 6.08 Å². The van der Waals surface area contributed by atoms with Gasteiger partial charge in [0.25, 0.3) is 0 Å². The van der Waals surface area contributed by atoms with Crippen molar-refractivity contribution >= 4 is 18.2 Å². The molecule has 0 saturated heterocycles. The van der Waals surface area contributed by atoms with E-state index >= 15 is 0 Å². The van der Waals surface area contributed by atoms with Gasteiger partial charge in [-0.2, -0.15) is 0 Å². The minimum absolute atomic E-state index is 0.0869. The van der Waals surface area contributed by atoms with E-state index in [4.69, 9.17) is 61.3 Å². The van der Waals surface area contributed by atoms with Crippen LogP contribution in [0.5, 0.6) is 0 Å². The fourth-order valence-corrected chi connectivity index (χ4v) is 1.33. The maximum Gasteiger partial charge on any atom is 0.331 e. The zero-order valence-corrected chi connectivity index (χ0v) is 16.4. The fraction of sp³-hybridized carbons (Fsp3) is 0.688. The van der Waals surface area contributed by atoms with E-state index in [1.54, 1.807) is 0 Å². The average molecular weight is 462 g/mol. The van der Waals surface area contributed by atoms with Crippen molar-refractivity contribution in [3.63, 3.8) is 0 Å². The van der Waals surface area contributed by atoms with Crippen molar-refractivity contribution in [1.29, 1.82) is 0 Å². The van der Waals surface area contributed by atoms with Crippen molar-refractivity contribution in [3.05, 3.63) is 11.6 Å². The second kappa shape index (κ2) is 18.7. The van der Waals surface area contributed by atoms with Crippen molar-refractivity contribution in [2.75, 3.05) is 19.8 Å². The largest absolute Gasteiger partial charge is 0.478 e. The number of aliphatic hydroxyl groups is 10. The minimum Gasteiger partial charge on any atom is -0.478 e. The summed E-state index contributed by atoms with van der Waals surface area (Å²) in [6.07, 6.45) is -10.4. The monoisotopic (exact) mass is 462 g/mol. The Kier molecular flexibility index (Phi) is 20.3. The summed E-state index contributed by atoms with van der Waals surface area (Å²) in [7, 11) is 0. The Balaban J connectivity index is -0.000000384. The number of carbonyl (C=O) groups is 3. The zero-order valence-electron chi connectivity index (χ0n) is 16.4. The summed E-state index contributed by atoms with van der Waals surface area (Å²) in [6, 6.07) is 0. The first-order valence-electron chi connectivity index (χ1n) is 8.40. The third-order valence-corrected chi connectivity index (χ3v) is 3.26. The summed E-state index contributed by atoms with van der Waals surface area (Å²) in [5, 5.41) is 102.